The van der Waals surface area contributed by atoms with Gasteiger partial charge in [-0.25, -0.2) is 4.68 Å². The van der Waals surface area contributed by atoms with Crippen LogP contribution in [0.1, 0.15) is 32.0 Å². The van der Waals surface area contributed by atoms with Crippen molar-refractivity contribution in [1.82, 2.24) is 20.2 Å². The molecule has 0 unspecified atom stereocenters. The Morgan fingerprint density at radius 3 is 3.10 bits per heavy atom. The van der Waals surface area contributed by atoms with Gasteiger partial charge < -0.3 is 10.2 Å². The number of fused-ring (bicyclic) bond motifs is 1. The molecule has 3 rings (SSSR count). The molecular weight excluding hydrogens is 264 g/mol. The predicted molar refractivity (Wildman–Crippen MR) is 83.3 cm³/mol. The summed E-state index contributed by atoms with van der Waals surface area (Å²) in [7, 11) is 0. The number of aryl methyl sites for hydroxylation is 1. The number of para-hydroxylation sites is 2. The highest BCUT2D eigenvalue weighted by atomic mass is 15.5. The van der Waals surface area contributed by atoms with E-state index in [2.05, 4.69) is 56.9 Å². The first-order valence-electron chi connectivity index (χ1n) is 7.71. The SMILES string of the molecule is CCCCn1nnnc1CN1CCCNc2ccccc21. The van der Waals surface area contributed by atoms with Crippen LogP contribution in [-0.2, 0) is 13.1 Å². The zero-order chi connectivity index (χ0) is 14.5. The second-order valence-corrected chi connectivity index (χ2v) is 5.39. The van der Waals surface area contributed by atoms with Crippen molar-refractivity contribution in [3.05, 3.63) is 30.1 Å². The minimum absolute atomic E-state index is 0.759. The highest BCUT2D eigenvalue weighted by molar-refractivity contribution is 5.70. The molecule has 0 bridgehead atoms. The number of anilines is 2. The summed E-state index contributed by atoms with van der Waals surface area (Å²) in [5, 5.41) is 15.6. The standard InChI is InChI=1S/C15H22N6/c1-2-3-11-21-15(17-18-19-21)12-20-10-6-9-16-13-7-4-5-8-14(13)20/h4-5,7-8,16H,2-3,6,9-12H2,1H3. The Labute approximate surface area is 125 Å². The average molecular weight is 286 g/mol. The van der Waals surface area contributed by atoms with E-state index in [1.807, 2.05) is 4.68 Å². The zero-order valence-electron chi connectivity index (χ0n) is 12.5. The largest absolute Gasteiger partial charge is 0.383 e. The summed E-state index contributed by atoms with van der Waals surface area (Å²) in [4.78, 5) is 2.36. The van der Waals surface area contributed by atoms with Crippen LogP contribution in [0.5, 0.6) is 0 Å². The van der Waals surface area contributed by atoms with E-state index in [9.17, 15) is 0 Å². The first-order chi connectivity index (χ1) is 10.4. The van der Waals surface area contributed by atoms with Gasteiger partial charge in [-0.15, -0.1) is 5.10 Å². The summed E-state index contributed by atoms with van der Waals surface area (Å²) in [6.45, 7) is 5.86. The van der Waals surface area contributed by atoms with Crippen LogP contribution in [0.2, 0.25) is 0 Å². The average Bonchev–Trinajstić information content (AvgIpc) is 2.85. The Bertz CT molecular complexity index is 579. The third kappa shape index (κ3) is 3.15. The van der Waals surface area contributed by atoms with E-state index in [0.29, 0.717) is 0 Å². The number of nitrogens with one attached hydrogen (secondary N) is 1. The van der Waals surface area contributed by atoms with Crippen molar-refractivity contribution >= 4 is 11.4 Å². The zero-order valence-corrected chi connectivity index (χ0v) is 12.5. The third-order valence-corrected chi connectivity index (χ3v) is 3.83. The second kappa shape index (κ2) is 6.56. The first kappa shape index (κ1) is 13.9. The Morgan fingerprint density at radius 1 is 1.29 bits per heavy atom. The number of nitrogens with zero attached hydrogens (tertiary/aromatic N) is 5. The molecule has 6 heteroatoms. The van der Waals surface area contributed by atoms with Crippen molar-refractivity contribution in [2.75, 3.05) is 23.3 Å². The molecule has 0 radical (unpaired) electrons. The van der Waals surface area contributed by atoms with Crippen molar-refractivity contribution in [3.63, 3.8) is 0 Å². The summed E-state index contributed by atoms with van der Waals surface area (Å²) in [5.41, 5.74) is 2.43. The van der Waals surface area contributed by atoms with Gasteiger partial charge >= 0.3 is 0 Å². The minimum Gasteiger partial charge on any atom is -0.383 e. The summed E-state index contributed by atoms with van der Waals surface area (Å²) in [5.74, 6) is 0.945. The molecule has 2 aromatic rings. The monoisotopic (exact) mass is 286 g/mol. The van der Waals surface area contributed by atoms with E-state index in [4.69, 9.17) is 0 Å². The van der Waals surface area contributed by atoms with Crippen LogP contribution in [0, 0.1) is 0 Å². The molecule has 0 atom stereocenters. The fraction of sp³-hybridized carbons (Fsp3) is 0.533. The minimum atomic E-state index is 0.759. The van der Waals surface area contributed by atoms with Crippen LogP contribution in [0.25, 0.3) is 0 Å². The van der Waals surface area contributed by atoms with Gasteiger partial charge in [0.05, 0.1) is 17.9 Å². The van der Waals surface area contributed by atoms with Crippen molar-refractivity contribution in [3.8, 4) is 0 Å². The molecule has 6 nitrogen and oxygen atoms in total. The molecule has 112 valence electrons. The van der Waals surface area contributed by atoms with Crippen LogP contribution in [0.3, 0.4) is 0 Å². The van der Waals surface area contributed by atoms with Gasteiger partial charge in [-0.2, -0.15) is 0 Å². The summed E-state index contributed by atoms with van der Waals surface area (Å²) >= 11 is 0. The number of benzene rings is 1. The number of hydrogen-bond acceptors (Lipinski definition) is 5. The second-order valence-electron chi connectivity index (χ2n) is 5.39. The Morgan fingerprint density at radius 2 is 2.19 bits per heavy atom. The maximum absolute atomic E-state index is 4.21. The van der Waals surface area contributed by atoms with Crippen LogP contribution in [0.4, 0.5) is 11.4 Å². The Balaban J connectivity index is 1.80. The van der Waals surface area contributed by atoms with Crippen LogP contribution >= 0.6 is 0 Å². The Hall–Kier alpha value is -2.11. The van der Waals surface area contributed by atoms with Gasteiger partial charge in [0.15, 0.2) is 5.82 Å². The molecule has 0 spiro atoms. The van der Waals surface area contributed by atoms with Crippen LogP contribution < -0.4 is 10.2 Å². The molecular formula is C15H22N6. The normalized spacial score (nSPS) is 14.4. The van der Waals surface area contributed by atoms with Crippen molar-refractivity contribution in [1.29, 1.82) is 0 Å². The topological polar surface area (TPSA) is 58.9 Å². The van der Waals surface area contributed by atoms with Gasteiger partial charge in [-0.05, 0) is 35.4 Å². The fourth-order valence-electron chi connectivity index (χ4n) is 2.67. The number of hydrogen-bond donors (Lipinski definition) is 1. The maximum Gasteiger partial charge on any atom is 0.170 e. The predicted octanol–water partition coefficient (Wildman–Crippen LogP) is 2.30. The van der Waals surface area contributed by atoms with Crippen molar-refractivity contribution < 1.29 is 0 Å². The van der Waals surface area contributed by atoms with E-state index in [0.717, 1.165) is 51.3 Å². The smallest absolute Gasteiger partial charge is 0.170 e. The van der Waals surface area contributed by atoms with E-state index >= 15 is 0 Å². The maximum atomic E-state index is 4.21. The lowest BCUT2D eigenvalue weighted by Gasteiger charge is -2.23. The van der Waals surface area contributed by atoms with Gasteiger partial charge in [0.2, 0.25) is 0 Å². The fourth-order valence-corrected chi connectivity index (χ4v) is 2.67. The lowest BCUT2D eigenvalue weighted by atomic mass is 10.2. The summed E-state index contributed by atoms with van der Waals surface area (Å²) in [6, 6.07) is 8.45. The van der Waals surface area contributed by atoms with E-state index < -0.39 is 0 Å². The number of tetrazole rings is 1. The van der Waals surface area contributed by atoms with Gasteiger partial charge in [0, 0.05) is 19.6 Å². The lowest BCUT2D eigenvalue weighted by molar-refractivity contribution is 0.528. The molecule has 1 N–H and O–H groups in total. The van der Waals surface area contributed by atoms with Gasteiger partial charge in [-0.3, -0.25) is 0 Å². The van der Waals surface area contributed by atoms with E-state index in [-0.39, 0.29) is 0 Å². The molecule has 0 saturated heterocycles. The van der Waals surface area contributed by atoms with Crippen LogP contribution in [0.15, 0.2) is 24.3 Å². The van der Waals surface area contributed by atoms with Gasteiger partial charge in [-0.1, -0.05) is 25.5 Å². The summed E-state index contributed by atoms with van der Waals surface area (Å²) < 4.78 is 1.93. The van der Waals surface area contributed by atoms with E-state index in [1.165, 1.54) is 11.4 Å². The molecule has 1 aromatic carbocycles. The van der Waals surface area contributed by atoms with Crippen molar-refractivity contribution in [2.24, 2.45) is 0 Å². The molecule has 2 heterocycles. The third-order valence-electron chi connectivity index (χ3n) is 3.83. The number of rotatable bonds is 5. The van der Waals surface area contributed by atoms with Crippen LogP contribution in [-0.4, -0.2) is 33.3 Å². The molecule has 0 aliphatic carbocycles. The van der Waals surface area contributed by atoms with Gasteiger partial charge in [0.1, 0.15) is 0 Å². The molecule has 1 aliphatic heterocycles. The molecule has 0 saturated carbocycles. The van der Waals surface area contributed by atoms with Crippen molar-refractivity contribution in [2.45, 2.75) is 39.3 Å². The number of aromatic nitrogens is 4. The highest BCUT2D eigenvalue weighted by Crippen LogP contribution is 2.28. The quantitative estimate of drug-likeness (QED) is 0.914. The molecule has 1 aromatic heterocycles. The van der Waals surface area contributed by atoms with E-state index in [1.54, 1.807) is 0 Å². The summed E-state index contributed by atoms with van der Waals surface area (Å²) in [6.07, 6.45) is 3.37. The molecule has 1 aliphatic rings. The molecule has 0 fully saturated rings. The molecule has 21 heavy (non-hydrogen) atoms. The Kier molecular flexibility index (Phi) is 4.33. The molecule has 0 amide bonds. The first-order valence-corrected chi connectivity index (χ1v) is 7.71. The van der Waals surface area contributed by atoms with Gasteiger partial charge in [0.25, 0.3) is 0 Å². The number of unbranched alkanes of at least 4 members (excludes halogenated alkanes) is 1. The lowest BCUT2D eigenvalue weighted by Crippen LogP contribution is -2.25. The highest BCUT2D eigenvalue weighted by Gasteiger charge is 2.17.